The average Bonchev–Trinajstić information content (AvgIpc) is 2.22. The van der Waals surface area contributed by atoms with E-state index >= 15 is 0 Å². The summed E-state index contributed by atoms with van der Waals surface area (Å²) in [7, 11) is 0. The van der Waals surface area contributed by atoms with E-state index in [1.165, 1.54) is 0 Å². The summed E-state index contributed by atoms with van der Waals surface area (Å²) in [5.41, 5.74) is -0.501. The molecule has 0 aliphatic rings. The summed E-state index contributed by atoms with van der Waals surface area (Å²) in [5, 5.41) is 3.13. The second-order valence-electron chi connectivity index (χ2n) is 4.59. The Balaban J connectivity index is 2.21. The molecule has 0 unspecified atom stereocenters. The summed E-state index contributed by atoms with van der Waals surface area (Å²) < 4.78 is 10.4. The molecule has 18 heavy (non-hydrogen) atoms. The normalized spacial score (nSPS) is 10.9. The van der Waals surface area contributed by atoms with Crippen LogP contribution in [0.4, 0.5) is 4.79 Å². The Labute approximate surface area is 111 Å². The van der Waals surface area contributed by atoms with Crippen LogP contribution in [-0.4, -0.2) is 29.8 Å². The van der Waals surface area contributed by atoms with Crippen LogP contribution in [0.2, 0.25) is 5.02 Å². The van der Waals surface area contributed by atoms with Crippen molar-refractivity contribution < 1.29 is 14.3 Å². The molecule has 0 aromatic carbocycles. The molecule has 0 aliphatic heterocycles. The molecule has 0 atom stereocenters. The van der Waals surface area contributed by atoms with Crippen LogP contribution in [0.1, 0.15) is 20.8 Å². The second kappa shape index (κ2) is 6.44. The largest absolute Gasteiger partial charge is 0.476 e. The van der Waals surface area contributed by atoms with E-state index in [9.17, 15) is 4.79 Å². The van der Waals surface area contributed by atoms with E-state index in [1.54, 1.807) is 39.1 Å². The molecule has 0 aliphatic carbocycles. The van der Waals surface area contributed by atoms with Gasteiger partial charge in [0.15, 0.2) is 0 Å². The SMILES string of the molecule is CC(C)(C)OC(=O)NCCOc1cc(Cl)ccn1. The van der Waals surface area contributed by atoms with E-state index in [0.717, 1.165) is 0 Å². The van der Waals surface area contributed by atoms with Crippen LogP contribution in [0.15, 0.2) is 18.3 Å². The maximum atomic E-state index is 11.3. The minimum Gasteiger partial charge on any atom is -0.476 e. The van der Waals surface area contributed by atoms with Crippen molar-refractivity contribution >= 4 is 17.7 Å². The predicted molar refractivity (Wildman–Crippen MR) is 69.0 cm³/mol. The maximum absolute atomic E-state index is 11.3. The van der Waals surface area contributed by atoms with Gasteiger partial charge in [0.25, 0.3) is 0 Å². The van der Waals surface area contributed by atoms with Crippen molar-refractivity contribution in [1.82, 2.24) is 10.3 Å². The first kappa shape index (κ1) is 14.6. The zero-order valence-electron chi connectivity index (χ0n) is 10.7. The van der Waals surface area contributed by atoms with Crippen LogP contribution in [0.3, 0.4) is 0 Å². The Morgan fingerprint density at radius 1 is 1.50 bits per heavy atom. The fourth-order valence-electron chi connectivity index (χ4n) is 1.09. The molecule has 1 aromatic heterocycles. The van der Waals surface area contributed by atoms with Crippen molar-refractivity contribution in [2.75, 3.05) is 13.2 Å². The zero-order chi connectivity index (χ0) is 13.6. The van der Waals surface area contributed by atoms with Gasteiger partial charge in [-0.05, 0) is 26.8 Å². The Morgan fingerprint density at radius 3 is 2.83 bits per heavy atom. The highest BCUT2D eigenvalue weighted by atomic mass is 35.5. The third-order valence-electron chi connectivity index (χ3n) is 1.72. The number of carbonyl (C=O) groups is 1. The van der Waals surface area contributed by atoms with Crippen molar-refractivity contribution in [2.45, 2.75) is 26.4 Å². The molecule has 0 radical (unpaired) electrons. The van der Waals surface area contributed by atoms with Gasteiger partial charge < -0.3 is 14.8 Å². The van der Waals surface area contributed by atoms with Crippen molar-refractivity contribution in [1.29, 1.82) is 0 Å². The van der Waals surface area contributed by atoms with Crippen LogP contribution < -0.4 is 10.1 Å². The Morgan fingerprint density at radius 2 is 2.22 bits per heavy atom. The molecule has 1 aromatic rings. The third-order valence-corrected chi connectivity index (χ3v) is 1.95. The molecule has 0 saturated heterocycles. The highest BCUT2D eigenvalue weighted by Gasteiger charge is 2.15. The second-order valence-corrected chi connectivity index (χ2v) is 5.03. The van der Waals surface area contributed by atoms with E-state index < -0.39 is 11.7 Å². The van der Waals surface area contributed by atoms with Crippen molar-refractivity contribution in [3.63, 3.8) is 0 Å². The van der Waals surface area contributed by atoms with Crippen LogP contribution in [0.25, 0.3) is 0 Å². The highest BCUT2D eigenvalue weighted by molar-refractivity contribution is 6.30. The number of hydrogen-bond acceptors (Lipinski definition) is 4. The predicted octanol–water partition coefficient (Wildman–Crippen LogP) is 2.64. The fraction of sp³-hybridized carbons (Fsp3) is 0.500. The minimum absolute atomic E-state index is 0.298. The number of amides is 1. The van der Waals surface area contributed by atoms with Gasteiger partial charge in [-0.15, -0.1) is 0 Å². The molecule has 1 amide bonds. The molecular weight excluding hydrogens is 256 g/mol. The van der Waals surface area contributed by atoms with Crippen LogP contribution in [0, 0.1) is 0 Å². The van der Waals surface area contributed by atoms with E-state index in [-0.39, 0.29) is 0 Å². The number of aromatic nitrogens is 1. The van der Waals surface area contributed by atoms with Gasteiger partial charge in [0, 0.05) is 17.3 Å². The topological polar surface area (TPSA) is 60.5 Å². The lowest BCUT2D eigenvalue weighted by Crippen LogP contribution is -2.34. The van der Waals surface area contributed by atoms with Gasteiger partial charge in [-0.2, -0.15) is 0 Å². The van der Waals surface area contributed by atoms with Gasteiger partial charge in [-0.1, -0.05) is 11.6 Å². The molecule has 6 heteroatoms. The van der Waals surface area contributed by atoms with Crippen molar-refractivity contribution in [3.05, 3.63) is 23.4 Å². The van der Waals surface area contributed by atoms with Gasteiger partial charge >= 0.3 is 6.09 Å². The molecular formula is C12H17ClN2O3. The first-order chi connectivity index (χ1) is 8.37. The smallest absolute Gasteiger partial charge is 0.407 e. The lowest BCUT2D eigenvalue weighted by Gasteiger charge is -2.19. The van der Waals surface area contributed by atoms with E-state index in [4.69, 9.17) is 21.1 Å². The summed E-state index contributed by atoms with van der Waals surface area (Å²) in [6, 6.07) is 3.27. The summed E-state index contributed by atoms with van der Waals surface area (Å²) in [4.78, 5) is 15.3. The van der Waals surface area contributed by atoms with Crippen molar-refractivity contribution in [3.8, 4) is 5.88 Å². The van der Waals surface area contributed by atoms with Gasteiger partial charge in [0.1, 0.15) is 12.2 Å². The fourth-order valence-corrected chi connectivity index (χ4v) is 1.24. The number of halogens is 1. The van der Waals surface area contributed by atoms with Gasteiger partial charge in [0.05, 0.1) is 6.54 Å². The lowest BCUT2D eigenvalue weighted by molar-refractivity contribution is 0.0520. The zero-order valence-corrected chi connectivity index (χ0v) is 11.5. The summed E-state index contributed by atoms with van der Waals surface area (Å²) in [6.07, 6.45) is 1.09. The highest BCUT2D eigenvalue weighted by Crippen LogP contribution is 2.13. The molecule has 1 heterocycles. The number of nitrogens with zero attached hydrogens (tertiary/aromatic N) is 1. The summed E-state index contributed by atoms with van der Waals surface area (Å²) >= 11 is 5.77. The van der Waals surface area contributed by atoms with Crippen LogP contribution >= 0.6 is 11.6 Å². The molecule has 0 saturated carbocycles. The summed E-state index contributed by atoms with van der Waals surface area (Å²) in [5.74, 6) is 0.425. The number of ether oxygens (including phenoxy) is 2. The number of alkyl carbamates (subject to hydrolysis) is 1. The molecule has 100 valence electrons. The van der Waals surface area contributed by atoms with Crippen molar-refractivity contribution in [2.24, 2.45) is 0 Å². The van der Waals surface area contributed by atoms with E-state index in [1.807, 2.05) is 0 Å². The summed E-state index contributed by atoms with van der Waals surface area (Å²) in [6.45, 7) is 6.05. The average molecular weight is 273 g/mol. The molecule has 1 rings (SSSR count). The molecule has 1 N–H and O–H groups in total. The molecule has 0 fully saturated rings. The monoisotopic (exact) mass is 272 g/mol. The quantitative estimate of drug-likeness (QED) is 0.856. The standard InChI is InChI=1S/C12H17ClN2O3/c1-12(2,3)18-11(16)15-6-7-17-10-8-9(13)4-5-14-10/h4-5,8H,6-7H2,1-3H3,(H,15,16). The number of pyridine rings is 1. The van der Waals surface area contributed by atoms with Crippen LogP contribution in [0.5, 0.6) is 5.88 Å². The van der Waals surface area contributed by atoms with E-state index in [0.29, 0.717) is 24.1 Å². The first-order valence-electron chi connectivity index (χ1n) is 5.58. The number of hydrogen-bond donors (Lipinski definition) is 1. The Bertz CT molecular complexity index is 405. The van der Waals surface area contributed by atoms with Gasteiger partial charge in [0.2, 0.25) is 5.88 Å². The third kappa shape index (κ3) is 6.30. The van der Waals surface area contributed by atoms with Gasteiger partial charge in [-0.3, -0.25) is 0 Å². The molecule has 0 spiro atoms. The van der Waals surface area contributed by atoms with Gasteiger partial charge in [-0.25, -0.2) is 9.78 Å². The van der Waals surface area contributed by atoms with Crippen LogP contribution in [-0.2, 0) is 4.74 Å². The number of rotatable bonds is 4. The van der Waals surface area contributed by atoms with E-state index in [2.05, 4.69) is 10.3 Å². The molecule has 0 bridgehead atoms. The Kier molecular flexibility index (Phi) is 5.22. The number of nitrogens with one attached hydrogen (secondary N) is 1. The maximum Gasteiger partial charge on any atom is 0.407 e. The molecule has 5 nitrogen and oxygen atoms in total. The lowest BCUT2D eigenvalue weighted by atomic mass is 10.2. The minimum atomic E-state index is -0.501. The number of carbonyl (C=O) groups excluding carboxylic acids is 1. The first-order valence-corrected chi connectivity index (χ1v) is 5.96. The Hall–Kier alpha value is -1.49.